The maximum Gasteiger partial charge on any atom is 0.243 e. The van der Waals surface area contributed by atoms with E-state index in [-0.39, 0.29) is 5.91 Å². The fourth-order valence-electron chi connectivity index (χ4n) is 1.88. The Kier molecular flexibility index (Phi) is 3.13. The van der Waals surface area contributed by atoms with E-state index in [1.165, 1.54) is 11.8 Å². The topological polar surface area (TPSA) is 44.1 Å². The lowest BCUT2D eigenvalue weighted by Crippen LogP contribution is -2.04. The van der Waals surface area contributed by atoms with Gasteiger partial charge in [0.2, 0.25) is 5.91 Å². The number of carbonyl (C=O) groups is 1. The van der Waals surface area contributed by atoms with Crippen LogP contribution in [0.25, 0.3) is 11.3 Å². The molecular weight excluding hydrogens is 260 g/mol. The highest BCUT2D eigenvalue weighted by atomic mass is 32.2. The number of imidazole rings is 1. The highest BCUT2D eigenvalue weighted by Gasteiger charge is 2.22. The van der Waals surface area contributed by atoms with Crippen LogP contribution in [0.15, 0.2) is 48.3 Å². The summed E-state index contributed by atoms with van der Waals surface area (Å²) in [4.78, 5) is 16.0. The van der Waals surface area contributed by atoms with E-state index in [0.717, 1.165) is 22.2 Å². The Morgan fingerprint density at radius 3 is 3.21 bits per heavy atom. The molecule has 0 bridgehead atoms. The van der Waals surface area contributed by atoms with Crippen LogP contribution >= 0.6 is 11.8 Å². The number of nitrogens with zero attached hydrogens (tertiary/aromatic N) is 2. The number of hydrogen-bond donors (Lipinski definition) is 0. The molecule has 1 aromatic heterocycles. The molecule has 2 aromatic rings. The Labute approximate surface area is 115 Å². The Bertz CT molecular complexity index is 649. The highest BCUT2D eigenvalue weighted by molar-refractivity contribution is 8.00. The molecule has 19 heavy (non-hydrogen) atoms. The molecule has 1 aromatic carbocycles. The molecule has 0 saturated carbocycles. The average molecular weight is 272 g/mol. The third kappa shape index (κ3) is 2.29. The maximum absolute atomic E-state index is 11.6. The van der Waals surface area contributed by atoms with Crippen molar-refractivity contribution in [2.45, 2.75) is 5.16 Å². The number of rotatable bonds is 4. The van der Waals surface area contributed by atoms with Crippen LogP contribution in [-0.2, 0) is 0 Å². The lowest BCUT2D eigenvalue weighted by Gasteiger charge is -2.04. The van der Waals surface area contributed by atoms with Crippen LogP contribution in [0, 0.1) is 0 Å². The Hall–Kier alpha value is -2.01. The lowest BCUT2D eigenvalue weighted by molar-refractivity contribution is 0.0939. The van der Waals surface area contributed by atoms with Crippen molar-refractivity contribution in [3.8, 4) is 17.0 Å². The van der Waals surface area contributed by atoms with E-state index < -0.39 is 0 Å². The summed E-state index contributed by atoms with van der Waals surface area (Å²) >= 11 is 1.47. The van der Waals surface area contributed by atoms with Crippen LogP contribution < -0.4 is 4.74 Å². The minimum atomic E-state index is 0.0813. The van der Waals surface area contributed by atoms with Gasteiger partial charge in [-0.2, -0.15) is 0 Å². The van der Waals surface area contributed by atoms with Crippen molar-refractivity contribution in [1.82, 2.24) is 9.55 Å². The van der Waals surface area contributed by atoms with Gasteiger partial charge in [0.25, 0.3) is 0 Å². The third-order valence-electron chi connectivity index (χ3n) is 2.76. The smallest absolute Gasteiger partial charge is 0.243 e. The fourth-order valence-corrected chi connectivity index (χ4v) is 2.73. The second kappa shape index (κ2) is 4.93. The zero-order valence-corrected chi connectivity index (χ0v) is 11.0. The predicted molar refractivity (Wildman–Crippen MR) is 74.7 cm³/mol. The largest absolute Gasteiger partial charge is 0.490 e. The number of benzene rings is 1. The molecule has 5 heteroatoms. The molecule has 0 fully saturated rings. The zero-order chi connectivity index (χ0) is 13.2. The van der Waals surface area contributed by atoms with Gasteiger partial charge in [0.15, 0.2) is 5.16 Å². The molecule has 0 unspecified atom stereocenters. The van der Waals surface area contributed by atoms with Crippen LogP contribution in [0.4, 0.5) is 0 Å². The second-order valence-electron chi connectivity index (χ2n) is 4.09. The van der Waals surface area contributed by atoms with Crippen molar-refractivity contribution >= 4 is 17.7 Å². The van der Waals surface area contributed by atoms with E-state index in [2.05, 4.69) is 11.6 Å². The minimum absolute atomic E-state index is 0.0813. The normalized spacial score (nSPS) is 13.4. The molecule has 0 aliphatic carbocycles. The molecule has 1 aliphatic rings. The molecule has 3 rings (SSSR count). The first-order valence-corrected chi connectivity index (χ1v) is 6.86. The number of carbonyl (C=O) groups excluding carboxylic acids is 1. The fraction of sp³-hybridized carbons (Fsp3) is 0.143. The molecule has 2 heterocycles. The molecule has 0 radical (unpaired) electrons. The first-order chi connectivity index (χ1) is 9.28. The first kappa shape index (κ1) is 12.0. The highest BCUT2D eigenvalue weighted by Crippen LogP contribution is 2.30. The third-order valence-corrected chi connectivity index (χ3v) is 3.70. The summed E-state index contributed by atoms with van der Waals surface area (Å²) in [6.45, 7) is 4.09. The number of thioether (sulfide) groups is 1. The van der Waals surface area contributed by atoms with Crippen LogP contribution in [0.1, 0.15) is 4.79 Å². The molecule has 0 atom stereocenters. The average Bonchev–Trinajstić information content (AvgIpc) is 3.00. The number of fused-ring (bicyclic) bond motifs is 1. The molecular formula is C14H12N2O2S. The van der Waals surface area contributed by atoms with Gasteiger partial charge in [-0.05, 0) is 12.1 Å². The quantitative estimate of drug-likeness (QED) is 0.803. The summed E-state index contributed by atoms with van der Waals surface area (Å²) in [7, 11) is 0. The van der Waals surface area contributed by atoms with Gasteiger partial charge < -0.3 is 4.74 Å². The first-order valence-electron chi connectivity index (χ1n) is 5.87. The van der Waals surface area contributed by atoms with E-state index in [1.807, 2.05) is 24.3 Å². The van der Waals surface area contributed by atoms with Crippen molar-refractivity contribution in [3.05, 3.63) is 43.1 Å². The standard InChI is InChI=1S/C14H12N2O2S/c1-2-6-18-11-5-3-4-10(7-11)12-8-16-13(17)9-19-14(16)15-12/h2-5,7-8H,1,6,9H2. The van der Waals surface area contributed by atoms with Crippen molar-refractivity contribution < 1.29 is 9.53 Å². The molecule has 0 saturated heterocycles. The van der Waals surface area contributed by atoms with Gasteiger partial charge in [0.05, 0.1) is 11.4 Å². The summed E-state index contributed by atoms with van der Waals surface area (Å²) in [5.41, 5.74) is 1.73. The molecule has 0 N–H and O–H groups in total. The van der Waals surface area contributed by atoms with E-state index in [4.69, 9.17) is 4.74 Å². The van der Waals surface area contributed by atoms with Crippen molar-refractivity contribution in [3.63, 3.8) is 0 Å². The Morgan fingerprint density at radius 1 is 1.53 bits per heavy atom. The Balaban J connectivity index is 1.91. The monoisotopic (exact) mass is 272 g/mol. The van der Waals surface area contributed by atoms with Gasteiger partial charge in [-0.3, -0.25) is 9.36 Å². The van der Waals surface area contributed by atoms with Crippen molar-refractivity contribution in [2.24, 2.45) is 0 Å². The van der Waals surface area contributed by atoms with Crippen LogP contribution in [0.5, 0.6) is 5.75 Å². The number of hydrogen-bond acceptors (Lipinski definition) is 4. The number of ether oxygens (including phenoxy) is 1. The summed E-state index contributed by atoms with van der Waals surface area (Å²) in [6, 6.07) is 7.66. The lowest BCUT2D eigenvalue weighted by atomic mass is 10.1. The SMILES string of the molecule is C=CCOc1cccc(-c2cn3c(n2)SCC3=O)c1. The summed E-state index contributed by atoms with van der Waals surface area (Å²) in [6.07, 6.45) is 3.48. The van der Waals surface area contributed by atoms with Gasteiger partial charge in [0, 0.05) is 11.8 Å². The molecule has 0 spiro atoms. The van der Waals surface area contributed by atoms with E-state index in [1.54, 1.807) is 16.8 Å². The zero-order valence-electron chi connectivity index (χ0n) is 10.2. The van der Waals surface area contributed by atoms with Gasteiger partial charge in [-0.15, -0.1) is 0 Å². The van der Waals surface area contributed by atoms with E-state index >= 15 is 0 Å². The second-order valence-corrected chi connectivity index (χ2v) is 5.03. The predicted octanol–water partition coefficient (Wildman–Crippen LogP) is 2.86. The summed E-state index contributed by atoms with van der Waals surface area (Å²) in [5, 5.41) is 0.761. The molecule has 96 valence electrons. The summed E-state index contributed by atoms with van der Waals surface area (Å²) in [5.74, 6) is 1.33. The van der Waals surface area contributed by atoms with Crippen molar-refractivity contribution in [1.29, 1.82) is 0 Å². The molecule has 0 amide bonds. The van der Waals surface area contributed by atoms with Gasteiger partial charge in [-0.1, -0.05) is 36.5 Å². The minimum Gasteiger partial charge on any atom is -0.490 e. The summed E-state index contributed by atoms with van der Waals surface area (Å²) < 4.78 is 7.10. The maximum atomic E-state index is 11.6. The van der Waals surface area contributed by atoms with Crippen LogP contribution in [0.3, 0.4) is 0 Å². The Morgan fingerprint density at radius 2 is 2.42 bits per heavy atom. The van der Waals surface area contributed by atoms with E-state index in [0.29, 0.717) is 12.4 Å². The van der Waals surface area contributed by atoms with Crippen LogP contribution in [0.2, 0.25) is 0 Å². The molecule has 4 nitrogen and oxygen atoms in total. The molecule has 1 aliphatic heterocycles. The van der Waals surface area contributed by atoms with Gasteiger partial charge in [0.1, 0.15) is 12.4 Å². The van der Waals surface area contributed by atoms with Gasteiger partial charge in [-0.25, -0.2) is 4.98 Å². The number of aromatic nitrogens is 2. The van der Waals surface area contributed by atoms with Crippen LogP contribution in [-0.4, -0.2) is 27.8 Å². The van der Waals surface area contributed by atoms with Gasteiger partial charge >= 0.3 is 0 Å². The van der Waals surface area contributed by atoms with Crippen molar-refractivity contribution in [2.75, 3.05) is 12.4 Å². The van der Waals surface area contributed by atoms with E-state index in [9.17, 15) is 4.79 Å².